The van der Waals surface area contributed by atoms with Crippen LogP contribution in [-0.4, -0.2) is 16.7 Å². The van der Waals surface area contributed by atoms with Gasteiger partial charge in [0.15, 0.2) is 0 Å². The summed E-state index contributed by atoms with van der Waals surface area (Å²) in [6, 6.07) is 10.7. The molecule has 0 amide bonds. The number of nitrogens with one attached hydrogen (secondary N) is 2. The van der Waals surface area contributed by atoms with Gasteiger partial charge in [0, 0.05) is 16.8 Å². The van der Waals surface area contributed by atoms with Gasteiger partial charge >= 0.3 is 0 Å². The zero-order chi connectivity index (χ0) is 13.9. The lowest BCUT2D eigenvalue weighted by molar-refractivity contribution is 0.553. The van der Waals surface area contributed by atoms with Crippen molar-refractivity contribution in [1.29, 1.82) is 0 Å². The number of H-pyrrole nitrogens is 1. The van der Waals surface area contributed by atoms with Crippen LogP contribution < -0.4 is 5.32 Å². The van der Waals surface area contributed by atoms with Crippen LogP contribution >= 0.6 is 11.3 Å². The van der Waals surface area contributed by atoms with E-state index in [9.17, 15) is 0 Å². The van der Waals surface area contributed by atoms with Gasteiger partial charge in [-0.1, -0.05) is 32.0 Å². The third kappa shape index (κ3) is 2.76. The molecule has 0 saturated heterocycles. The van der Waals surface area contributed by atoms with Crippen LogP contribution in [0, 0.1) is 5.92 Å². The standard InChI is InChI=1S/C16H19N3S/c1-11(2)8-17-9-13-10-18-19-16(13)15-7-12-5-3-4-6-14(12)20-15/h3-7,10-11,17H,8-9H2,1-2H3,(H,18,19). The molecular weight excluding hydrogens is 266 g/mol. The third-order valence-electron chi connectivity index (χ3n) is 3.26. The number of hydrogen-bond acceptors (Lipinski definition) is 3. The Hall–Kier alpha value is -1.65. The van der Waals surface area contributed by atoms with Gasteiger partial charge in [0.1, 0.15) is 0 Å². The van der Waals surface area contributed by atoms with E-state index in [0.29, 0.717) is 5.92 Å². The highest BCUT2D eigenvalue weighted by molar-refractivity contribution is 7.22. The van der Waals surface area contributed by atoms with Crippen LogP contribution in [0.1, 0.15) is 19.4 Å². The van der Waals surface area contributed by atoms with E-state index in [4.69, 9.17) is 0 Å². The smallest absolute Gasteiger partial charge is 0.0795 e. The number of fused-ring (bicyclic) bond motifs is 1. The molecule has 0 saturated carbocycles. The van der Waals surface area contributed by atoms with E-state index in [1.165, 1.54) is 20.5 Å². The van der Waals surface area contributed by atoms with E-state index in [2.05, 4.69) is 59.7 Å². The second-order valence-corrected chi connectivity index (χ2v) is 6.53. The number of nitrogens with zero attached hydrogens (tertiary/aromatic N) is 1. The molecule has 0 unspecified atom stereocenters. The zero-order valence-corrected chi connectivity index (χ0v) is 12.6. The Bertz CT molecular complexity index is 663. The van der Waals surface area contributed by atoms with Crippen LogP contribution in [0.2, 0.25) is 0 Å². The highest BCUT2D eigenvalue weighted by atomic mass is 32.1. The molecule has 3 aromatic rings. The van der Waals surface area contributed by atoms with E-state index in [0.717, 1.165) is 18.8 Å². The number of thiophene rings is 1. The van der Waals surface area contributed by atoms with E-state index in [1.807, 2.05) is 17.5 Å². The number of benzene rings is 1. The first kappa shape index (κ1) is 13.3. The molecule has 0 fully saturated rings. The minimum absolute atomic E-state index is 0.662. The van der Waals surface area contributed by atoms with Crippen molar-refractivity contribution in [2.45, 2.75) is 20.4 Å². The van der Waals surface area contributed by atoms with Crippen molar-refractivity contribution in [2.75, 3.05) is 6.54 Å². The van der Waals surface area contributed by atoms with Gasteiger partial charge in [0.25, 0.3) is 0 Å². The monoisotopic (exact) mass is 285 g/mol. The quantitative estimate of drug-likeness (QED) is 0.743. The van der Waals surface area contributed by atoms with E-state index < -0.39 is 0 Å². The van der Waals surface area contributed by atoms with Crippen molar-refractivity contribution in [1.82, 2.24) is 15.5 Å². The van der Waals surface area contributed by atoms with Crippen LogP contribution in [0.5, 0.6) is 0 Å². The average molecular weight is 285 g/mol. The first-order chi connectivity index (χ1) is 9.74. The Morgan fingerprint density at radius 1 is 1.30 bits per heavy atom. The first-order valence-corrected chi connectivity index (χ1v) is 7.77. The van der Waals surface area contributed by atoms with Crippen LogP contribution in [0.15, 0.2) is 36.5 Å². The topological polar surface area (TPSA) is 40.7 Å². The Kier molecular flexibility index (Phi) is 3.85. The molecule has 0 aliphatic carbocycles. The Morgan fingerprint density at radius 3 is 2.95 bits per heavy atom. The maximum atomic E-state index is 4.21. The van der Waals surface area contributed by atoms with Crippen molar-refractivity contribution in [3.05, 3.63) is 42.1 Å². The lowest BCUT2D eigenvalue weighted by Crippen LogP contribution is -2.18. The van der Waals surface area contributed by atoms with Gasteiger partial charge in [-0.2, -0.15) is 5.10 Å². The molecule has 2 aromatic heterocycles. The largest absolute Gasteiger partial charge is 0.312 e. The summed E-state index contributed by atoms with van der Waals surface area (Å²) in [7, 11) is 0. The summed E-state index contributed by atoms with van der Waals surface area (Å²) in [5.74, 6) is 0.662. The Balaban J connectivity index is 1.85. The second kappa shape index (κ2) is 5.77. The molecular formula is C16H19N3S. The molecule has 0 aliphatic rings. The van der Waals surface area contributed by atoms with Crippen molar-refractivity contribution < 1.29 is 0 Å². The SMILES string of the molecule is CC(C)CNCc1cn[nH]c1-c1cc2ccccc2s1. The summed E-state index contributed by atoms with van der Waals surface area (Å²) in [5.41, 5.74) is 2.37. The zero-order valence-electron chi connectivity index (χ0n) is 11.8. The molecule has 104 valence electrons. The van der Waals surface area contributed by atoms with Gasteiger partial charge in [-0.3, -0.25) is 5.10 Å². The predicted molar refractivity (Wildman–Crippen MR) is 86.0 cm³/mol. The fourth-order valence-electron chi connectivity index (χ4n) is 2.26. The van der Waals surface area contributed by atoms with E-state index in [-0.39, 0.29) is 0 Å². The molecule has 0 aliphatic heterocycles. The highest BCUT2D eigenvalue weighted by Gasteiger charge is 2.10. The molecule has 2 heterocycles. The van der Waals surface area contributed by atoms with Crippen LogP contribution in [0.3, 0.4) is 0 Å². The van der Waals surface area contributed by atoms with Crippen LogP contribution in [0.4, 0.5) is 0 Å². The normalized spacial score (nSPS) is 11.6. The number of hydrogen-bond donors (Lipinski definition) is 2. The Morgan fingerprint density at radius 2 is 2.15 bits per heavy atom. The fraction of sp³-hybridized carbons (Fsp3) is 0.312. The van der Waals surface area contributed by atoms with Gasteiger partial charge < -0.3 is 5.32 Å². The second-order valence-electron chi connectivity index (χ2n) is 5.44. The lowest BCUT2D eigenvalue weighted by Gasteiger charge is -2.06. The number of aromatic amines is 1. The molecule has 0 radical (unpaired) electrons. The van der Waals surface area contributed by atoms with Gasteiger partial charge in [0.2, 0.25) is 0 Å². The fourth-order valence-corrected chi connectivity index (χ4v) is 3.35. The molecule has 20 heavy (non-hydrogen) atoms. The molecule has 3 nitrogen and oxygen atoms in total. The molecule has 0 spiro atoms. The predicted octanol–water partition coefficient (Wildman–Crippen LogP) is 4.04. The summed E-state index contributed by atoms with van der Waals surface area (Å²) < 4.78 is 1.32. The summed E-state index contributed by atoms with van der Waals surface area (Å²) in [4.78, 5) is 1.25. The summed E-state index contributed by atoms with van der Waals surface area (Å²) in [6.45, 7) is 6.32. The molecule has 0 atom stereocenters. The minimum atomic E-state index is 0.662. The van der Waals surface area contributed by atoms with E-state index in [1.54, 1.807) is 0 Å². The molecule has 3 rings (SSSR count). The summed E-state index contributed by atoms with van der Waals surface area (Å²) in [5, 5.41) is 12.1. The van der Waals surface area contributed by atoms with Gasteiger partial charge in [0.05, 0.1) is 16.8 Å². The molecule has 2 N–H and O–H groups in total. The highest BCUT2D eigenvalue weighted by Crippen LogP contribution is 2.33. The van der Waals surface area contributed by atoms with Gasteiger partial charge in [-0.15, -0.1) is 11.3 Å². The summed E-state index contributed by atoms with van der Waals surface area (Å²) in [6.07, 6.45) is 1.92. The van der Waals surface area contributed by atoms with Crippen molar-refractivity contribution >= 4 is 21.4 Å². The molecule has 1 aromatic carbocycles. The first-order valence-electron chi connectivity index (χ1n) is 6.96. The van der Waals surface area contributed by atoms with Crippen molar-refractivity contribution in [3.63, 3.8) is 0 Å². The number of aromatic nitrogens is 2. The van der Waals surface area contributed by atoms with E-state index >= 15 is 0 Å². The van der Waals surface area contributed by atoms with Crippen molar-refractivity contribution in [3.8, 4) is 10.6 Å². The Labute approximate surface area is 123 Å². The molecule has 0 bridgehead atoms. The lowest BCUT2D eigenvalue weighted by atomic mass is 10.2. The van der Waals surface area contributed by atoms with Gasteiger partial charge in [-0.05, 0) is 30.0 Å². The molecule has 4 heteroatoms. The maximum absolute atomic E-state index is 4.21. The van der Waals surface area contributed by atoms with Crippen LogP contribution in [-0.2, 0) is 6.54 Å². The minimum Gasteiger partial charge on any atom is -0.312 e. The summed E-state index contributed by atoms with van der Waals surface area (Å²) >= 11 is 1.81. The third-order valence-corrected chi connectivity index (χ3v) is 4.39. The average Bonchev–Trinajstić information content (AvgIpc) is 3.03. The maximum Gasteiger partial charge on any atom is 0.0795 e. The van der Waals surface area contributed by atoms with Gasteiger partial charge in [-0.25, -0.2) is 0 Å². The van der Waals surface area contributed by atoms with Crippen molar-refractivity contribution in [2.24, 2.45) is 5.92 Å². The number of rotatable bonds is 5. The van der Waals surface area contributed by atoms with Crippen LogP contribution in [0.25, 0.3) is 20.7 Å².